The van der Waals surface area contributed by atoms with Crippen molar-refractivity contribution in [3.05, 3.63) is 0 Å². The molecule has 1 heterocycles. The Morgan fingerprint density at radius 2 is 2.00 bits per heavy atom. The van der Waals surface area contributed by atoms with Gasteiger partial charge in [-0.05, 0) is 23.7 Å². The maximum atomic E-state index is 5.67. The highest BCUT2D eigenvalue weighted by molar-refractivity contribution is 5.05. The monoisotopic (exact) mass is 140 g/mol. The molecule has 2 fully saturated rings. The second kappa shape index (κ2) is 1.58. The molecule has 0 aromatic heterocycles. The van der Waals surface area contributed by atoms with Crippen LogP contribution in [0.25, 0.3) is 0 Å². The van der Waals surface area contributed by atoms with E-state index < -0.39 is 0 Å². The molecule has 10 heavy (non-hydrogen) atoms. The van der Waals surface area contributed by atoms with E-state index in [-0.39, 0.29) is 0 Å². The SMILES string of the molecule is CC12CCC(OC1)C2(C)C. The first-order valence-electron chi connectivity index (χ1n) is 4.18. The van der Waals surface area contributed by atoms with Gasteiger partial charge in [-0.25, -0.2) is 0 Å². The van der Waals surface area contributed by atoms with Gasteiger partial charge in [-0.1, -0.05) is 20.8 Å². The van der Waals surface area contributed by atoms with Gasteiger partial charge in [-0.2, -0.15) is 0 Å². The Kier molecular flexibility index (Phi) is 1.05. The van der Waals surface area contributed by atoms with Crippen LogP contribution in [0.2, 0.25) is 0 Å². The summed E-state index contributed by atoms with van der Waals surface area (Å²) in [5.41, 5.74) is 0.921. The van der Waals surface area contributed by atoms with E-state index in [2.05, 4.69) is 20.8 Å². The Morgan fingerprint density at radius 1 is 1.30 bits per heavy atom. The zero-order valence-electron chi connectivity index (χ0n) is 7.11. The van der Waals surface area contributed by atoms with Crippen LogP contribution in [0.3, 0.4) is 0 Å². The Labute approximate surface area is 62.8 Å². The molecule has 1 saturated carbocycles. The number of hydrogen-bond donors (Lipinski definition) is 0. The van der Waals surface area contributed by atoms with Crippen LogP contribution in [-0.4, -0.2) is 12.7 Å². The Balaban J connectivity index is 2.37. The summed E-state index contributed by atoms with van der Waals surface area (Å²) in [7, 11) is 0. The minimum Gasteiger partial charge on any atom is -0.377 e. The topological polar surface area (TPSA) is 9.23 Å². The molecule has 2 rings (SSSR count). The molecule has 1 aliphatic carbocycles. The van der Waals surface area contributed by atoms with Crippen molar-refractivity contribution in [2.45, 2.75) is 39.7 Å². The molecule has 1 saturated heterocycles. The largest absolute Gasteiger partial charge is 0.377 e. The van der Waals surface area contributed by atoms with E-state index in [0.717, 1.165) is 6.61 Å². The smallest absolute Gasteiger partial charge is 0.0632 e. The summed E-state index contributed by atoms with van der Waals surface area (Å²) in [6, 6.07) is 0. The fourth-order valence-electron chi connectivity index (χ4n) is 2.36. The highest BCUT2D eigenvalue weighted by Crippen LogP contribution is 2.58. The van der Waals surface area contributed by atoms with E-state index in [1.165, 1.54) is 12.8 Å². The molecule has 0 amide bonds. The molecule has 2 aliphatic rings. The van der Waals surface area contributed by atoms with Gasteiger partial charge in [0.2, 0.25) is 0 Å². The average Bonchev–Trinajstić information content (AvgIpc) is 2.18. The quantitative estimate of drug-likeness (QED) is 0.501. The lowest BCUT2D eigenvalue weighted by Gasteiger charge is -2.31. The molecule has 0 aromatic rings. The van der Waals surface area contributed by atoms with Crippen LogP contribution in [0.5, 0.6) is 0 Å². The zero-order chi connectivity index (χ0) is 7.41. The summed E-state index contributed by atoms with van der Waals surface area (Å²) >= 11 is 0. The van der Waals surface area contributed by atoms with E-state index in [0.29, 0.717) is 16.9 Å². The molecule has 0 spiro atoms. The average molecular weight is 140 g/mol. The van der Waals surface area contributed by atoms with E-state index >= 15 is 0 Å². The van der Waals surface area contributed by atoms with E-state index in [4.69, 9.17) is 4.74 Å². The Bertz CT molecular complexity index is 149. The van der Waals surface area contributed by atoms with Crippen LogP contribution in [0, 0.1) is 10.8 Å². The second-order valence-corrected chi connectivity index (χ2v) is 4.62. The maximum absolute atomic E-state index is 5.67. The third-order valence-corrected chi connectivity index (χ3v) is 3.92. The van der Waals surface area contributed by atoms with Crippen molar-refractivity contribution < 1.29 is 4.74 Å². The van der Waals surface area contributed by atoms with Gasteiger partial charge in [0.05, 0.1) is 12.7 Å². The number of rotatable bonds is 0. The molecule has 1 heteroatoms. The predicted octanol–water partition coefficient (Wildman–Crippen LogP) is 2.21. The third kappa shape index (κ3) is 0.531. The lowest BCUT2D eigenvalue weighted by Crippen LogP contribution is -2.30. The molecule has 0 radical (unpaired) electrons. The molecule has 1 aliphatic heterocycles. The summed E-state index contributed by atoms with van der Waals surface area (Å²) < 4.78 is 5.67. The third-order valence-electron chi connectivity index (χ3n) is 3.92. The predicted molar refractivity (Wildman–Crippen MR) is 40.9 cm³/mol. The molecular formula is C9H16O. The van der Waals surface area contributed by atoms with Crippen LogP contribution in [0.4, 0.5) is 0 Å². The molecule has 2 atom stereocenters. The second-order valence-electron chi connectivity index (χ2n) is 4.62. The molecule has 0 N–H and O–H groups in total. The molecule has 58 valence electrons. The normalized spacial score (nSPS) is 50.1. The van der Waals surface area contributed by atoms with Crippen LogP contribution in [0.1, 0.15) is 33.6 Å². The summed E-state index contributed by atoms with van der Waals surface area (Å²) in [5.74, 6) is 0. The van der Waals surface area contributed by atoms with Crippen molar-refractivity contribution in [2.75, 3.05) is 6.61 Å². The van der Waals surface area contributed by atoms with Gasteiger partial charge < -0.3 is 4.74 Å². The molecule has 2 unspecified atom stereocenters. The van der Waals surface area contributed by atoms with Gasteiger partial charge in [-0.15, -0.1) is 0 Å². The standard InChI is InChI=1S/C9H16O/c1-8(2)7-4-5-9(8,3)6-10-7/h7H,4-6H2,1-3H3. The first kappa shape index (κ1) is 6.66. The first-order chi connectivity index (χ1) is 4.56. The Hall–Kier alpha value is -0.0400. The zero-order valence-corrected chi connectivity index (χ0v) is 7.11. The van der Waals surface area contributed by atoms with Gasteiger partial charge in [-0.3, -0.25) is 0 Å². The number of hydrogen-bond acceptors (Lipinski definition) is 1. The summed E-state index contributed by atoms with van der Waals surface area (Å²) in [6.07, 6.45) is 3.20. The van der Waals surface area contributed by atoms with Crippen LogP contribution >= 0.6 is 0 Å². The number of ether oxygens (including phenoxy) is 1. The van der Waals surface area contributed by atoms with Crippen molar-refractivity contribution in [1.82, 2.24) is 0 Å². The summed E-state index contributed by atoms with van der Waals surface area (Å²) in [4.78, 5) is 0. The minimum absolute atomic E-state index is 0.438. The summed E-state index contributed by atoms with van der Waals surface area (Å²) in [5, 5.41) is 0. The fourth-order valence-corrected chi connectivity index (χ4v) is 2.36. The van der Waals surface area contributed by atoms with Crippen molar-refractivity contribution >= 4 is 0 Å². The summed E-state index contributed by atoms with van der Waals surface area (Å²) in [6.45, 7) is 8.04. The van der Waals surface area contributed by atoms with E-state index in [9.17, 15) is 0 Å². The first-order valence-corrected chi connectivity index (χ1v) is 4.18. The van der Waals surface area contributed by atoms with Crippen molar-refractivity contribution in [1.29, 1.82) is 0 Å². The van der Waals surface area contributed by atoms with Crippen molar-refractivity contribution in [2.24, 2.45) is 10.8 Å². The molecule has 1 nitrogen and oxygen atoms in total. The highest BCUT2D eigenvalue weighted by Gasteiger charge is 2.57. The molecular weight excluding hydrogens is 124 g/mol. The highest BCUT2D eigenvalue weighted by atomic mass is 16.5. The van der Waals surface area contributed by atoms with Gasteiger partial charge in [0, 0.05) is 0 Å². The van der Waals surface area contributed by atoms with Crippen LogP contribution in [-0.2, 0) is 4.74 Å². The van der Waals surface area contributed by atoms with Gasteiger partial charge in [0.15, 0.2) is 0 Å². The van der Waals surface area contributed by atoms with Gasteiger partial charge in [0.1, 0.15) is 0 Å². The van der Waals surface area contributed by atoms with Crippen molar-refractivity contribution in [3.63, 3.8) is 0 Å². The number of fused-ring (bicyclic) bond motifs is 2. The van der Waals surface area contributed by atoms with Crippen molar-refractivity contribution in [3.8, 4) is 0 Å². The molecule has 2 bridgehead atoms. The lowest BCUT2D eigenvalue weighted by atomic mass is 9.71. The van der Waals surface area contributed by atoms with E-state index in [1.54, 1.807) is 0 Å². The fraction of sp³-hybridized carbons (Fsp3) is 1.00. The van der Waals surface area contributed by atoms with Crippen LogP contribution in [0.15, 0.2) is 0 Å². The lowest BCUT2D eigenvalue weighted by molar-refractivity contribution is 0.0507. The van der Waals surface area contributed by atoms with Crippen LogP contribution < -0.4 is 0 Å². The van der Waals surface area contributed by atoms with Gasteiger partial charge >= 0.3 is 0 Å². The van der Waals surface area contributed by atoms with Gasteiger partial charge in [0.25, 0.3) is 0 Å². The van der Waals surface area contributed by atoms with E-state index in [1.807, 2.05) is 0 Å². The Morgan fingerprint density at radius 3 is 2.10 bits per heavy atom. The minimum atomic E-state index is 0.438. The molecule has 0 aromatic carbocycles. The maximum Gasteiger partial charge on any atom is 0.0632 e.